The SMILES string of the molecule is CNc1nc(-c2ccncc2)nc(Oc2cc(Nc3cccc(C(F)(F)F)c3)ccc2C)c1C=N. The van der Waals surface area contributed by atoms with Crippen molar-refractivity contribution in [2.45, 2.75) is 13.1 Å². The highest BCUT2D eigenvalue weighted by Gasteiger charge is 2.30. The summed E-state index contributed by atoms with van der Waals surface area (Å²) < 4.78 is 45.3. The number of benzene rings is 2. The summed E-state index contributed by atoms with van der Waals surface area (Å²) in [6, 6.07) is 13.6. The van der Waals surface area contributed by atoms with E-state index in [2.05, 4.69) is 25.6 Å². The van der Waals surface area contributed by atoms with Crippen LogP contribution < -0.4 is 15.4 Å². The molecule has 4 aromatic rings. The highest BCUT2D eigenvalue weighted by atomic mass is 19.4. The average Bonchev–Trinajstić information content (AvgIpc) is 2.85. The van der Waals surface area contributed by atoms with Crippen LogP contribution in [0, 0.1) is 12.3 Å². The van der Waals surface area contributed by atoms with E-state index in [1.807, 2.05) is 6.92 Å². The maximum absolute atomic E-state index is 13.1. The first-order valence-corrected chi connectivity index (χ1v) is 10.5. The van der Waals surface area contributed by atoms with Crippen LogP contribution in [0.15, 0.2) is 67.0 Å². The van der Waals surface area contributed by atoms with Crippen LogP contribution in [0.5, 0.6) is 11.6 Å². The topological polar surface area (TPSA) is 95.8 Å². The summed E-state index contributed by atoms with van der Waals surface area (Å²) >= 11 is 0. The van der Waals surface area contributed by atoms with Crippen molar-refractivity contribution < 1.29 is 17.9 Å². The highest BCUT2D eigenvalue weighted by molar-refractivity contribution is 5.88. The molecule has 0 fully saturated rings. The van der Waals surface area contributed by atoms with Gasteiger partial charge in [0.1, 0.15) is 11.6 Å². The molecule has 7 nitrogen and oxygen atoms in total. The van der Waals surface area contributed by atoms with Crippen LogP contribution in [0.3, 0.4) is 0 Å². The number of anilines is 3. The molecule has 2 aromatic heterocycles. The van der Waals surface area contributed by atoms with Gasteiger partial charge in [-0.2, -0.15) is 18.2 Å². The summed E-state index contributed by atoms with van der Waals surface area (Å²) in [5.41, 5.74) is 1.90. The van der Waals surface area contributed by atoms with Gasteiger partial charge in [-0.25, -0.2) is 4.98 Å². The van der Waals surface area contributed by atoms with Crippen molar-refractivity contribution in [1.82, 2.24) is 15.0 Å². The van der Waals surface area contributed by atoms with Crippen LogP contribution >= 0.6 is 0 Å². The van der Waals surface area contributed by atoms with Crippen molar-refractivity contribution in [3.8, 4) is 23.0 Å². The van der Waals surface area contributed by atoms with Crippen molar-refractivity contribution >= 4 is 23.4 Å². The fraction of sp³-hybridized carbons (Fsp3) is 0.120. The Morgan fingerprint density at radius 3 is 2.40 bits per heavy atom. The van der Waals surface area contributed by atoms with Crippen molar-refractivity contribution in [2.75, 3.05) is 17.7 Å². The number of hydrogen-bond donors (Lipinski definition) is 3. The van der Waals surface area contributed by atoms with Gasteiger partial charge in [-0.15, -0.1) is 0 Å². The Balaban J connectivity index is 1.69. The fourth-order valence-electron chi connectivity index (χ4n) is 3.31. The molecular formula is C25H21F3N6O. The van der Waals surface area contributed by atoms with Gasteiger partial charge in [0.05, 0.1) is 11.1 Å². The number of nitrogens with one attached hydrogen (secondary N) is 3. The minimum Gasteiger partial charge on any atom is -0.438 e. The zero-order valence-electron chi connectivity index (χ0n) is 18.8. The molecule has 0 aliphatic carbocycles. The number of hydrogen-bond acceptors (Lipinski definition) is 7. The van der Waals surface area contributed by atoms with E-state index < -0.39 is 11.7 Å². The van der Waals surface area contributed by atoms with E-state index in [-0.39, 0.29) is 11.6 Å². The zero-order chi connectivity index (χ0) is 25.0. The molecule has 0 aliphatic heterocycles. The van der Waals surface area contributed by atoms with Gasteiger partial charge < -0.3 is 20.8 Å². The van der Waals surface area contributed by atoms with Crippen molar-refractivity contribution in [3.63, 3.8) is 0 Å². The Hall–Kier alpha value is -4.47. The molecule has 0 saturated heterocycles. The number of aryl methyl sites for hydroxylation is 1. The maximum atomic E-state index is 13.1. The minimum absolute atomic E-state index is 0.158. The van der Waals surface area contributed by atoms with Crippen LogP contribution in [0.2, 0.25) is 0 Å². The fourth-order valence-corrected chi connectivity index (χ4v) is 3.31. The minimum atomic E-state index is -4.44. The Bertz CT molecular complexity index is 1360. The molecule has 3 N–H and O–H groups in total. The smallest absolute Gasteiger partial charge is 0.416 e. The molecule has 2 aromatic carbocycles. The molecule has 2 heterocycles. The third-order valence-corrected chi connectivity index (χ3v) is 5.10. The van der Waals surface area contributed by atoms with Crippen LogP contribution in [-0.2, 0) is 6.18 Å². The lowest BCUT2D eigenvalue weighted by molar-refractivity contribution is -0.137. The van der Waals surface area contributed by atoms with E-state index in [9.17, 15) is 13.2 Å². The molecule has 10 heteroatoms. The lowest BCUT2D eigenvalue weighted by Gasteiger charge is -2.16. The van der Waals surface area contributed by atoms with E-state index in [1.165, 1.54) is 6.07 Å². The number of ether oxygens (including phenoxy) is 1. The number of alkyl halides is 3. The van der Waals surface area contributed by atoms with Gasteiger partial charge in [-0.1, -0.05) is 12.1 Å². The number of halogens is 3. The van der Waals surface area contributed by atoms with E-state index in [0.717, 1.165) is 29.5 Å². The maximum Gasteiger partial charge on any atom is 0.416 e. The number of nitrogens with zero attached hydrogens (tertiary/aromatic N) is 3. The first-order valence-electron chi connectivity index (χ1n) is 10.5. The lowest BCUT2D eigenvalue weighted by Crippen LogP contribution is -2.06. The third-order valence-electron chi connectivity index (χ3n) is 5.10. The Morgan fingerprint density at radius 1 is 0.971 bits per heavy atom. The van der Waals surface area contributed by atoms with Gasteiger partial charge in [0.15, 0.2) is 5.82 Å². The van der Waals surface area contributed by atoms with Crippen molar-refractivity contribution in [2.24, 2.45) is 0 Å². The van der Waals surface area contributed by atoms with Crippen LogP contribution in [0.25, 0.3) is 11.4 Å². The van der Waals surface area contributed by atoms with Gasteiger partial charge in [-0.3, -0.25) is 4.98 Å². The molecule has 0 saturated carbocycles. The zero-order valence-corrected chi connectivity index (χ0v) is 18.8. The highest BCUT2D eigenvalue weighted by Crippen LogP contribution is 2.34. The summed E-state index contributed by atoms with van der Waals surface area (Å²) in [5, 5.41) is 13.8. The number of rotatable bonds is 7. The first-order chi connectivity index (χ1) is 16.8. The molecule has 4 rings (SSSR count). The summed E-state index contributed by atoms with van der Waals surface area (Å²) in [7, 11) is 1.68. The van der Waals surface area contributed by atoms with Crippen LogP contribution in [0.4, 0.5) is 30.4 Å². The molecule has 0 unspecified atom stereocenters. The summed E-state index contributed by atoms with van der Waals surface area (Å²) in [4.78, 5) is 13.0. The second-order valence-electron chi connectivity index (χ2n) is 7.53. The predicted octanol–water partition coefficient (Wildman–Crippen LogP) is 6.44. The van der Waals surface area contributed by atoms with E-state index in [0.29, 0.717) is 28.6 Å². The molecular weight excluding hydrogens is 457 g/mol. The van der Waals surface area contributed by atoms with E-state index in [4.69, 9.17) is 10.1 Å². The Labute approximate surface area is 199 Å². The van der Waals surface area contributed by atoms with Gasteiger partial charge >= 0.3 is 6.18 Å². The predicted molar refractivity (Wildman–Crippen MR) is 129 cm³/mol. The van der Waals surface area contributed by atoms with E-state index >= 15 is 0 Å². The first kappa shape index (κ1) is 23.7. The molecule has 0 aliphatic rings. The summed E-state index contributed by atoms with van der Waals surface area (Å²) in [6.07, 6.45) is -0.101. The molecule has 0 amide bonds. The summed E-state index contributed by atoms with van der Waals surface area (Å²) in [6.45, 7) is 1.83. The molecule has 35 heavy (non-hydrogen) atoms. The molecule has 0 bridgehead atoms. The Kier molecular flexibility index (Phi) is 6.63. The van der Waals surface area contributed by atoms with E-state index in [1.54, 1.807) is 55.8 Å². The normalized spacial score (nSPS) is 11.1. The average molecular weight is 478 g/mol. The molecule has 0 spiro atoms. The number of pyridine rings is 1. The largest absolute Gasteiger partial charge is 0.438 e. The standard InChI is InChI=1S/C25H21F3N6O/c1-15-6-7-19(32-18-5-3-4-17(12-18)25(26,27)28)13-21(15)35-24-20(14-29)23(30-2)33-22(34-24)16-8-10-31-11-9-16/h3-14,29,32H,1-2H3,(H,30,33,34). The van der Waals surface area contributed by atoms with Gasteiger partial charge in [-0.05, 0) is 48.9 Å². The number of aromatic nitrogens is 3. The van der Waals surface area contributed by atoms with Gasteiger partial charge in [0.25, 0.3) is 0 Å². The summed E-state index contributed by atoms with van der Waals surface area (Å²) in [5.74, 6) is 1.37. The quantitative estimate of drug-likeness (QED) is 0.265. The molecule has 178 valence electrons. The monoisotopic (exact) mass is 478 g/mol. The van der Waals surface area contributed by atoms with Gasteiger partial charge in [0.2, 0.25) is 5.88 Å². The molecule has 0 radical (unpaired) electrons. The lowest BCUT2D eigenvalue weighted by atomic mass is 10.1. The second kappa shape index (κ2) is 9.80. The Morgan fingerprint density at radius 2 is 1.71 bits per heavy atom. The third kappa shape index (κ3) is 5.37. The van der Waals surface area contributed by atoms with Crippen LogP contribution in [0.1, 0.15) is 16.7 Å². The molecule has 0 atom stereocenters. The van der Waals surface area contributed by atoms with Crippen LogP contribution in [-0.4, -0.2) is 28.2 Å². The van der Waals surface area contributed by atoms with Crippen molar-refractivity contribution in [3.05, 3.63) is 83.7 Å². The van der Waals surface area contributed by atoms with Gasteiger partial charge in [0, 0.05) is 48.7 Å². The van der Waals surface area contributed by atoms with Crippen molar-refractivity contribution in [1.29, 1.82) is 5.41 Å². The second-order valence-corrected chi connectivity index (χ2v) is 7.53.